The molecule has 0 saturated heterocycles. The minimum atomic E-state index is -4.66. The summed E-state index contributed by atoms with van der Waals surface area (Å²) in [5, 5.41) is 20.5. The highest BCUT2D eigenvalue weighted by Gasteiger charge is 2.22. The number of quaternary nitrogens is 1. The van der Waals surface area contributed by atoms with E-state index in [2.05, 4.69) is 32.1 Å². The number of hydrogen-bond donors (Lipinski definition) is 2. The first kappa shape index (κ1) is 54.4. The van der Waals surface area contributed by atoms with Gasteiger partial charge < -0.3 is 38.1 Å². The van der Waals surface area contributed by atoms with Crippen LogP contribution in [-0.2, 0) is 32.7 Å². The molecule has 0 aromatic rings. The van der Waals surface area contributed by atoms with Gasteiger partial charge in [-0.25, -0.2) is 0 Å². The molecule has 0 amide bonds. The van der Waals surface area contributed by atoms with E-state index in [1.54, 1.807) is 0 Å². The lowest BCUT2D eigenvalue weighted by Gasteiger charge is -2.28. The molecule has 0 radical (unpaired) electrons. The molecule has 0 spiro atoms. The van der Waals surface area contributed by atoms with Crippen molar-refractivity contribution < 1.29 is 52.3 Å². The molecule has 0 aliphatic carbocycles. The molecule has 0 fully saturated rings. The van der Waals surface area contributed by atoms with Crippen molar-refractivity contribution in [3.8, 4) is 0 Å². The van der Waals surface area contributed by atoms with Crippen molar-refractivity contribution in [3.63, 3.8) is 0 Å². The SMILES string of the molecule is CCCCC/C=C\C[C@H](O)[C@@H](O)CCCCCCCC(=O)O[C@H](COC(=O)CCCCCCCCC/C=C\CCCCCC)COP(=O)([O-])OCC[N+](C)(C)C. The number of hydrogen-bond acceptors (Lipinski definition) is 10. The van der Waals surface area contributed by atoms with Gasteiger partial charge in [-0.15, -0.1) is 0 Å². The summed E-state index contributed by atoms with van der Waals surface area (Å²) in [6.45, 7) is 3.97. The first-order valence-corrected chi connectivity index (χ1v) is 23.7. The van der Waals surface area contributed by atoms with Gasteiger partial charge in [0, 0.05) is 12.8 Å². The normalized spacial score (nSPS) is 14.9. The van der Waals surface area contributed by atoms with Gasteiger partial charge in [-0.05, 0) is 64.2 Å². The van der Waals surface area contributed by atoms with Crippen LogP contribution in [0, 0.1) is 0 Å². The Morgan fingerprint density at radius 1 is 0.625 bits per heavy atom. The Labute approximate surface area is 342 Å². The summed E-state index contributed by atoms with van der Waals surface area (Å²) < 4.78 is 33.8. The fourth-order valence-corrected chi connectivity index (χ4v) is 6.69. The average molecular weight is 818 g/mol. The number of likely N-dealkylation sites (N-methyl/N-ethyl adjacent to an activating group) is 1. The van der Waals surface area contributed by atoms with Gasteiger partial charge in [0.2, 0.25) is 0 Å². The molecule has 56 heavy (non-hydrogen) atoms. The van der Waals surface area contributed by atoms with Crippen molar-refractivity contribution in [1.82, 2.24) is 0 Å². The highest BCUT2D eigenvalue weighted by Crippen LogP contribution is 2.38. The quantitative estimate of drug-likeness (QED) is 0.0201. The average Bonchev–Trinajstić information content (AvgIpc) is 3.14. The Kier molecular flexibility index (Phi) is 35.5. The summed E-state index contributed by atoms with van der Waals surface area (Å²) in [5.74, 6) is -0.949. The van der Waals surface area contributed by atoms with Crippen molar-refractivity contribution in [2.75, 3.05) is 47.5 Å². The number of aliphatic hydroxyl groups excluding tert-OH is 2. The number of aliphatic hydroxyl groups is 2. The molecular weight excluding hydrogens is 733 g/mol. The lowest BCUT2D eigenvalue weighted by Crippen LogP contribution is -2.37. The molecule has 0 heterocycles. The second kappa shape index (κ2) is 36.5. The maximum Gasteiger partial charge on any atom is 0.306 e. The van der Waals surface area contributed by atoms with E-state index in [9.17, 15) is 29.3 Å². The Bertz CT molecular complexity index is 1050. The second-order valence-corrected chi connectivity index (χ2v) is 17.8. The van der Waals surface area contributed by atoms with Crippen LogP contribution in [0.5, 0.6) is 0 Å². The van der Waals surface area contributed by atoms with Gasteiger partial charge in [0.15, 0.2) is 6.10 Å². The summed E-state index contributed by atoms with van der Waals surface area (Å²) in [6, 6.07) is 0. The molecule has 11 nitrogen and oxygen atoms in total. The molecule has 330 valence electrons. The summed E-state index contributed by atoms with van der Waals surface area (Å²) in [5.41, 5.74) is 0. The van der Waals surface area contributed by atoms with E-state index < -0.39 is 44.7 Å². The van der Waals surface area contributed by atoms with Gasteiger partial charge in [0.05, 0.1) is 40.0 Å². The molecule has 0 aromatic carbocycles. The van der Waals surface area contributed by atoms with Crippen LogP contribution < -0.4 is 4.89 Å². The zero-order valence-electron chi connectivity index (χ0n) is 36.3. The number of phosphoric acid groups is 1. The minimum Gasteiger partial charge on any atom is -0.756 e. The number of phosphoric ester groups is 1. The van der Waals surface area contributed by atoms with Crippen molar-refractivity contribution in [2.45, 2.75) is 199 Å². The predicted molar refractivity (Wildman–Crippen MR) is 225 cm³/mol. The number of carbonyl (C=O) groups is 2. The molecule has 0 aromatic heterocycles. The van der Waals surface area contributed by atoms with Crippen molar-refractivity contribution in [3.05, 3.63) is 24.3 Å². The molecule has 4 atom stereocenters. The number of esters is 2. The highest BCUT2D eigenvalue weighted by molar-refractivity contribution is 7.45. The molecule has 0 bridgehead atoms. The molecule has 0 rings (SSSR count). The van der Waals surface area contributed by atoms with Crippen LogP contribution in [0.15, 0.2) is 24.3 Å². The molecule has 2 N–H and O–H groups in total. The summed E-state index contributed by atoms with van der Waals surface area (Å²) >= 11 is 0. The maximum atomic E-state index is 12.7. The minimum absolute atomic E-state index is 0.0591. The van der Waals surface area contributed by atoms with Crippen LogP contribution in [0.1, 0.15) is 181 Å². The number of allylic oxidation sites excluding steroid dienone is 3. The number of rotatable bonds is 40. The van der Waals surface area contributed by atoms with Crippen molar-refractivity contribution >= 4 is 19.8 Å². The molecular formula is C44H84NO10P. The first-order chi connectivity index (χ1) is 26.8. The molecule has 0 aliphatic rings. The smallest absolute Gasteiger partial charge is 0.306 e. The van der Waals surface area contributed by atoms with Crippen LogP contribution in [0.3, 0.4) is 0 Å². The third-order valence-corrected chi connectivity index (χ3v) is 10.6. The topological polar surface area (TPSA) is 152 Å². The number of unbranched alkanes of at least 4 members (excludes halogenated alkanes) is 18. The summed E-state index contributed by atoms with van der Waals surface area (Å²) in [7, 11) is 1.07. The van der Waals surface area contributed by atoms with Gasteiger partial charge >= 0.3 is 11.9 Å². The Hall–Kier alpha value is -1.59. The molecule has 12 heteroatoms. The highest BCUT2D eigenvalue weighted by atomic mass is 31.2. The van der Waals surface area contributed by atoms with Gasteiger partial charge in [-0.3, -0.25) is 14.2 Å². The summed E-state index contributed by atoms with van der Waals surface area (Å²) in [4.78, 5) is 37.5. The molecule has 1 unspecified atom stereocenters. The van der Waals surface area contributed by atoms with Crippen molar-refractivity contribution in [2.24, 2.45) is 0 Å². The zero-order valence-corrected chi connectivity index (χ0v) is 37.2. The maximum absolute atomic E-state index is 12.7. The lowest BCUT2D eigenvalue weighted by atomic mass is 10.0. The number of carbonyl (C=O) groups excluding carboxylic acids is 2. The Balaban J connectivity index is 4.48. The van der Waals surface area contributed by atoms with Gasteiger partial charge in [0.1, 0.15) is 19.8 Å². The summed E-state index contributed by atoms with van der Waals surface area (Å²) in [6.07, 6.45) is 30.8. The third-order valence-electron chi connectivity index (χ3n) is 9.64. The van der Waals surface area contributed by atoms with E-state index in [0.29, 0.717) is 36.7 Å². The molecule has 0 aliphatic heterocycles. The van der Waals surface area contributed by atoms with Gasteiger partial charge in [-0.1, -0.05) is 128 Å². The Morgan fingerprint density at radius 3 is 1.70 bits per heavy atom. The van der Waals surface area contributed by atoms with Crippen LogP contribution in [-0.4, -0.2) is 92.5 Å². The van der Waals surface area contributed by atoms with Crippen molar-refractivity contribution in [1.29, 1.82) is 0 Å². The standard InChI is InChI=1S/C44H84NO10P/c1-6-8-10-12-14-15-16-17-18-19-20-21-22-26-30-34-43(48)52-38-40(39-54-56(50,51)53-37-36-45(3,4)5)55-44(49)35-31-27-23-25-29-33-42(47)41(46)32-28-24-13-11-9-7-2/h15-16,24,28,40-42,46-47H,6-14,17-23,25-27,29-39H2,1-5H3/b16-15-,28-24-/t40-,41+,42+/m1/s1. The lowest BCUT2D eigenvalue weighted by molar-refractivity contribution is -0.870. The van der Waals surface area contributed by atoms with Crippen LogP contribution in [0.4, 0.5) is 0 Å². The van der Waals surface area contributed by atoms with E-state index in [4.69, 9.17) is 18.5 Å². The third kappa shape index (κ3) is 38.0. The second-order valence-electron chi connectivity index (χ2n) is 16.4. The largest absolute Gasteiger partial charge is 0.756 e. The first-order valence-electron chi connectivity index (χ1n) is 22.2. The predicted octanol–water partition coefficient (Wildman–Crippen LogP) is 9.67. The zero-order chi connectivity index (χ0) is 41.8. The monoisotopic (exact) mass is 818 g/mol. The number of ether oxygens (including phenoxy) is 2. The van der Waals surface area contributed by atoms with Crippen LogP contribution >= 0.6 is 7.82 Å². The van der Waals surface area contributed by atoms with Crippen LogP contribution in [0.2, 0.25) is 0 Å². The number of nitrogens with zero attached hydrogens (tertiary/aromatic N) is 1. The van der Waals surface area contributed by atoms with Crippen LogP contribution in [0.25, 0.3) is 0 Å². The van der Waals surface area contributed by atoms with E-state index in [-0.39, 0.29) is 26.1 Å². The van der Waals surface area contributed by atoms with E-state index >= 15 is 0 Å². The molecule has 0 saturated carbocycles. The Morgan fingerprint density at radius 2 is 1.11 bits per heavy atom. The van der Waals surface area contributed by atoms with E-state index in [1.807, 2.05) is 27.2 Å². The van der Waals surface area contributed by atoms with Gasteiger partial charge in [0.25, 0.3) is 7.82 Å². The van der Waals surface area contributed by atoms with Gasteiger partial charge in [-0.2, -0.15) is 0 Å². The fraction of sp³-hybridized carbons (Fsp3) is 0.864. The van der Waals surface area contributed by atoms with E-state index in [0.717, 1.165) is 64.2 Å². The van der Waals surface area contributed by atoms with E-state index in [1.165, 1.54) is 64.2 Å². The fourth-order valence-electron chi connectivity index (χ4n) is 5.97.